The first-order valence-corrected chi connectivity index (χ1v) is 9.32. The number of likely N-dealkylation sites (N-methyl/N-ethyl adjacent to an activating group) is 1. The molecule has 5 nitrogen and oxygen atoms in total. The van der Waals surface area contributed by atoms with Crippen molar-refractivity contribution in [2.24, 2.45) is 0 Å². The van der Waals surface area contributed by atoms with E-state index in [0.29, 0.717) is 36.8 Å². The summed E-state index contributed by atoms with van der Waals surface area (Å²) in [5.74, 6) is 0.457. The van der Waals surface area contributed by atoms with Gasteiger partial charge in [-0.05, 0) is 43.2 Å². The molecule has 0 aliphatic heterocycles. The summed E-state index contributed by atoms with van der Waals surface area (Å²) in [5.41, 5.74) is 0.985. The van der Waals surface area contributed by atoms with Gasteiger partial charge in [0.25, 0.3) is 0 Å². The Morgan fingerprint density at radius 2 is 1.78 bits per heavy atom. The minimum Gasteiger partial charge on any atom is -0.494 e. The number of nitrogens with zero attached hydrogens (tertiary/aromatic N) is 1. The summed E-state index contributed by atoms with van der Waals surface area (Å²) >= 11 is 5.84. The van der Waals surface area contributed by atoms with Gasteiger partial charge in [-0.2, -0.15) is 0 Å². The molecule has 2 aromatic rings. The van der Waals surface area contributed by atoms with Crippen LogP contribution in [-0.4, -0.2) is 36.4 Å². The first kappa shape index (κ1) is 20.8. The summed E-state index contributed by atoms with van der Waals surface area (Å²) in [6.45, 7) is 2.55. The Hall–Kier alpha value is -2.53. The van der Waals surface area contributed by atoms with Gasteiger partial charge in [0, 0.05) is 25.0 Å². The highest BCUT2D eigenvalue weighted by Crippen LogP contribution is 2.16. The highest BCUT2D eigenvalue weighted by molar-refractivity contribution is 6.30. The third-order valence-corrected chi connectivity index (χ3v) is 4.48. The Kier molecular flexibility index (Phi) is 8.14. The first-order chi connectivity index (χ1) is 13.0. The molecule has 1 N–H and O–H groups in total. The largest absolute Gasteiger partial charge is 0.494 e. The molecule has 0 aliphatic carbocycles. The summed E-state index contributed by atoms with van der Waals surface area (Å²) in [7, 11) is 1.57. The van der Waals surface area contributed by atoms with Gasteiger partial charge in [0.1, 0.15) is 11.8 Å². The summed E-state index contributed by atoms with van der Waals surface area (Å²) < 4.78 is 5.63. The van der Waals surface area contributed by atoms with Gasteiger partial charge in [0.15, 0.2) is 0 Å². The maximum Gasteiger partial charge on any atom is 0.242 e. The van der Waals surface area contributed by atoms with Crippen LogP contribution in [0.1, 0.15) is 25.3 Å². The third-order valence-electron chi connectivity index (χ3n) is 4.23. The van der Waals surface area contributed by atoms with Crippen molar-refractivity contribution in [3.8, 4) is 5.75 Å². The lowest BCUT2D eigenvalue weighted by molar-refractivity contribution is -0.140. The smallest absolute Gasteiger partial charge is 0.242 e. The molecule has 0 radical (unpaired) electrons. The molecule has 0 spiro atoms. The average molecular weight is 389 g/mol. The number of halogens is 1. The van der Waals surface area contributed by atoms with Gasteiger partial charge in [0.2, 0.25) is 11.8 Å². The number of rotatable bonds is 9. The molecule has 0 aliphatic rings. The average Bonchev–Trinajstić information content (AvgIpc) is 2.70. The second-order valence-electron chi connectivity index (χ2n) is 6.20. The number of hydrogen-bond acceptors (Lipinski definition) is 3. The zero-order chi connectivity index (χ0) is 19.6. The van der Waals surface area contributed by atoms with Crippen LogP contribution in [0.25, 0.3) is 0 Å². The van der Waals surface area contributed by atoms with Crippen molar-refractivity contribution in [3.05, 3.63) is 65.2 Å². The van der Waals surface area contributed by atoms with Crippen molar-refractivity contribution in [1.82, 2.24) is 10.2 Å². The van der Waals surface area contributed by atoms with Crippen LogP contribution in [0, 0.1) is 0 Å². The quantitative estimate of drug-likeness (QED) is 0.667. The third kappa shape index (κ3) is 6.61. The van der Waals surface area contributed by atoms with Crippen LogP contribution >= 0.6 is 11.6 Å². The lowest BCUT2D eigenvalue weighted by Crippen LogP contribution is -2.46. The van der Waals surface area contributed by atoms with Gasteiger partial charge in [0.05, 0.1) is 6.61 Å². The molecule has 0 saturated heterocycles. The van der Waals surface area contributed by atoms with E-state index in [1.807, 2.05) is 30.3 Å². The normalized spacial score (nSPS) is 11.5. The molecule has 27 heavy (non-hydrogen) atoms. The van der Waals surface area contributed by atoms with Crippen LogP contribution in [0.4, 0.5) is 0 Å². The summed E-state index contributed by atoms with van der Waals surface area (Å²) in [6, 6.07) is 16.2. The summed E-state index contributed by atoms with van der Waals surface area (Å²) in [5, 5.41) is 3.26. The highest BCUT2D eigenvalue weighted by atomic mass is 35.5. The van der Waals surface area contributed by atoms with Crippen LogP contribution in [-0.2, 0) is 16.1 Å². The van der Waals surface area contributed by atoms with Crippen molar-refractivity contribution >= 4 is 23.4 Å². The van der Waals surface area contributed by atoms with E-state index in [0.717, 1.165) is 5.56 Å². The number of carbonyl (C=O) groups excluding carboxylic acids is 2. The van der Waals surface area contributed by atoms with E-state index in [1.54, 1.807) is 43.1 Å². The molecule has 0 saturated carbocycles. The minimum absolute atomic E-state index is 0.0744. The maximum absolute atomic E-state index is 12.7. The standard InChI is InChI=1S/C21H25ClN2O3/c1-16(21(26)23-2)24(15-17-7-4-3-5-8-17)20(25)9-6-14-27-19-12-10-18(22)11-13-19/h3-5,7-8,10-13,16H,6,9,14-15H2,1-2H3,(H,23,26)/t16-/m0/s1. The van der Waals surface area contributed by atoms with Crippen molar-refractivity contribution in [1.29, 1.82) is 0 Å². The predicted octanol–water partition coefficient (Wildman–Crippen LogP) is 3.66. The lowest BCUT2D eigenvalue weighted by atomic mass is 10.1. The molecular weight excluding hydrogens is 364 g/mol. The van der Waals surface area contributed by atoms with Crippen molar-refractivity contribution in [3.63, 3.8) is 0 Å². The van der Waals surface area contributed by atoms with E-state index in [9.17, 15) is 9.59 Å². The van der Waals surface area contributed by atoms with E-state index in [-0.39, 0.29) is 11.8 Å². The maximum atomic E-state index is 12.7. The van der Waals surface area contributed by atoms with Gasteiger partial charge in [-0.15, -0.1) is 0 Å². The van der Waals surface area contributed by atoms with Gasteiger partial charge < -0.3 is 15.0 Å². The fourth-order valence-electron chi connectivity index (χ4n) is 2.66. The van der Waals surface area contributed by atoms with Gasteiger partial charge in [-0.25, -0.2) is 0 Å². The molecule has 0 bridgehead atoms. The van der Waals surface area contributed by atoms with E-state index in [4.69, 9.17) is 16.3 Å². The second kappa shape index (κ2) is 10.6. The van der Waals surface area contributed by atoms with Crippen LogP contribution < -0.4 is 10.1 Å². The molecule has 0 aromatic heterocycles. The molecule has 144 valence electrons. The highest BCUT2D eigenvalue weighted by Gasteiger charge is 2.25. The summed E-state index contributed by atoms with van der Waals surface area (Å²) in [4.78, 5) is 26.4. The van der Waals surface area contributed by atoms with Crippen molar-refractivity contribution < 1.29 is 14.3 Å². The Bertz CT molecular complexity index is 735. The van der Waals surface area contributed by atoms with Crippen LogP contribution in [0.15, 0.2) is 54.6 Å². The first-order valence-electron chi connectivity index (χ1n) is 8.94. The van der Waals surface area contributed by atoms with Crippen molar-refractivity contribution in [2.75, 3.05) is 13.7 Å². The van der Waals surface area contributed by atoms with Crippen LogP contribution in [0.2, 0.25) is 5.02 Å². The van der Waals surface area contributed by atoms with Gasteiger partial charge in [-0.1, -0.05) is 41.9 Å². The lowest BCUT2D eigenvalue weighted by Gasteiger charge is -2.28. The van der Waals surface area contributed by atoms with Crippen molar-refractivity contribution in [2.45, 2.75) is 32.4 Å². The number of benzene rings is 2. The SMILES string of the molecule is CNC(=O)[C@H](C)N(Cc1ccccc1)C(=O)CCCOc1ccc(Cl)cc1. The monoisotopic (exact) mass is 388 g/mol. The van der Waals surface area contributed by atoms with E-state index in [2.05, 4.69) is 5.32 Å². The summed E-state index contributed by atoms with van der Waals surface area (Å²) in [6.07, 6.45) is 0.870. The van der Waals surface area contributed by atoms with Crippen LogP contribution in [0.3, 0.4) is 0 Å². The molecule has 0 heterocycles. The minimum atomic E-state index is -0.542. The van der Waals surface area contributed by atoms with E-state index in [1.165, 1.54) is 0 Å². The second-order valence-corrected chi connectivity index (χ2v) is 6.64. The molecule has 2 rings (SSSR count). The Labute approximate surface area is 165 Å². The number of ether oxygens (including phenoxy) is 1. The number of carbonyl (C=O) groups is 2. The fourth-order valence-corrected chi connectivity index (χ4v) is 2.79. The number of nitrogens with one attached hydrogen (secondary N) is 1. The molecule has 2 aromatic carbocycles. The Balaban J connectivity index is 1.92. The zero-order valence-corrected chi connectivity index (χ0v) is 16.4. The molecule has 6 heteroatoms. The number of amides is 2. The van der Waals surface area contributed by atoms with E-state index >= 15 is 0 Å². The molecular formula is C21H25ClN2O3. The van der Waals surface area contributed by atoms with Crippen LogP contribution in [0.5, 0.6) is 5.75 Å². The Morgan fingerprint density at radius 1 is 1.11 bits per heavy atom. The predicted molar refractivity (Wildman–Crippen MR) is 107 cm³/mol. The topological polar surface area (TPSA) is 58.6 Å². The fraction of sp³-hybridized carbons (Fsp3) is 0.333. The molecule has 0 fully saturated rings. The van der Waals surface area contributed by atoms with E-state index < -0.39 is 6.04 Å². The zero-order valence-electron chi connectivity index (χ0n) is 15.7. The van der Waals surface area contributed by atoms with Gasteiger partial charge in [-0.3, -0.25) is 9.59 Å². The molecule has 2 amide bonds. The number of hydrogen-bond donors (Lipinski definition) is 1. The van der Waals surface area contributed by atoms with Gasteiger partial charge >= 0.3 is 0 Å². The molecule has 1 atom stereocenters. The Morgan fingerprint density at radius 3 is 2.41 bits per heavy atom. The molecule has 0 unspecified atom stereocenters.